The zero-order valence-corrected chi connectivity index (χ0v) is 9.86. The number of carbonyl (C=O) groups excluding carboxylic acids is 1. The van der Waals surface area contributed by atoms with Gasteiger partial charge in [0.2, 0.25) is 0 Å². The predicted octanol–water partition coefficient (Wildman–Crippen LogP) is 1.41. The van der Waals surface area contributed by atoms with Gasteiger partial charge in [-0.15, -0.1) is 0 Å². The van der Waals surface area contributed by atoms with Crippen LogP contribution in [0.4, 0.5) is 0 Å². The van der Waals surface area contributed by atoms with Crippen LogP contribution >= 0.6 is 0 Å². The molecule has 1 aliphatic heterocycles. The zero-order valence-electron chi connectivity index (χ0n) is 9.86. The first-order valence-electron chi connectivity index (χ1n) is 5.64. The summed E-state index contributed by atoms with van der Waals surface area (Å²) in [5.41, 5.74) is 1.86. The summed E-state index contributed by atoms with van der Waals surface area (Å²) in [6.07, 6.45) is 1.34. The average Bonchev–Trinajstić information content (AvgIpc) is 2.99. The number of benzene rings is 1. The molecule has 0 amide bonds. The van der Waals surface area contributed by atoms with Crippen LogP contribution in [0.5, 0.6) is 5.75 Å². The molecule has 0 bridgehead atoms. The van der Waals surface area contributed by atoms with Gasteiger partial charge in [0.05, 0.1) is 14.2 Å². The first-order valence-corrected chi connectivity index (χ1v) is 5.64. The molecule has 0 N–H and O–H groups in total. The van der Waals surface area contributed by atoms with Crippen molar-refractivity contribution in [3.05, 3.63) is 29.3 Å². The second-order valence-corrected chi connectivity index (χ2v) is 4.43. The van der Waals surface area contributed by atoms with E-state index in [9.17, 15) is 4.79 Å². The standard InChI is InChI=1S/C13H14O4/c1-15-9-4-3-8-5-6-13(10(8)7-9)11(17-13)12(14)16-2/h3-4,7,11H,5-6H2,1-2H3. The SMILES string of the molecule is COC(=O)C1OC12CCc1ccc(OC)cc12. The van der Waals surface area contributed by atoms with Crippen molar-refractivity contribution in [2.24, 2.45) is 0 Å². The monoisotopic (exact) mass is 234 g/mol. The lowest BCUT2D eigenvalue weighted by Gasteiger charge is -2.07. The number of rotatable bonds is 2. The molecule has 1 heterocycles. The van der Waals surface area contributed by atoms with Crippen LogP contribution < -0.4 is 4.74 Å². The number of epoxide rings is 1. The third-order valence-corrected chi connectivity index (χ3v) is 3.65. The molecule has 90 valence electrons. The number of methoxy groups -OCH3 is 2. The quantitative estimate of drug-likeness (QED) is 0.573. The lowest BCUT2D eigenvalue weighted by atomic mass is 9.97. The molecule has 2 atom stereocenters. The van der Waals surface area contributed by atoms with Crippen molar-refractivity contribution >= 4 is 5.97 Å². The van der Waals surface area contributed by atoms with Crippen LogP contribution in [0.15, 0.2) is 18.2 Å². The number of carbonyl (C=O) groups is 1. The van der Waals surface area contributed by atoms with Crippen LogP contribution in [0.3, 0.4) is 0 Å². The smallest absolute Gasteiger partial charge is 0.338 e. The Bertz CT molecular complexity index is 482. The summed E-state index contributed by atoms with van der Waals surface area (Å²) < 4.78 is 15.6. The molecular formula is C13H14O4. The van der Waals surface area contributed by atoms with E-state index >= 15 is 0 Å². The summed E-state index contributed by atoms with van der Waals surface area (Å²) >= 11 is 0. The van der Waals surface area contributed by atoms with Gasteiger partial charge in [-0.3, -0.25) is 0 Å². The molecule has 0 aromatic heterocycles. The summed E-state index contributed by atoms with van der Waals surface area (Å²) in [6, 6.07) is 5.94. The van der Waals surface area contributed by atoms with Crippen LogP contribution in [0.2, 0.25) is 0 Å². The Morgan fingerprint density at radius 2 is 2.29 bits per heavy atom. The van der Waals surface area contributed by atoms with E-state index in [0.717, 1.165) is 24.2 Å². The van der Waals surface area contributed by atoms with E-state index in [1.54, 1.807) is 7.11 Å². The van der Waals surface area contributed by atoms with Crippen molar-refractivity contribution in [1.82, 2.24) is 0 Å². The Hall–Kier alpha value is -1.55. The predicted molar refractivity (Wildman–Crippen MR) is 59.9 cm³/mol. The van der Waals surface area contributed by atoms with E-state index < -0.39 is 11.7 Å². The van der Waals surface area contributed by atoms with Gasteiger partial charge in [-0.1, -0.05) is 6.07 Å². The maximum Gasteiger partial charge on any atom is 0.338 e. The van der Waals surface area contributed by atoms with E-state index in [0.29, 0.717) is 0 Å². The van der Waals surface area contributed by atoms with E-state index in [1.165, 1.54) is 12.7 Å². The third kappa shape index (κ3) is 1.37. The van der Waals surface area contributed by atoms with Gasteiger partial charge in [-0.2, -0.15) is 0 Å². The van der Waals surface area contributed by atoms with Crippen LogP contribution in [-0.4, -0.2) is 26.3 Å². The van der Waals surface area contributed by atoms with E-state index in [-0.39, 0.29) is 5.97 Å². The molecule has 2 unspecified atom stereocenters. The van der Waals surface area contributed by atoms with Gasteiger partial charge in [-0.05, 0) is 36.1 Å². The Morgan fingerprint density at radius 1 is 1.47 bits per heavy atom. The highest BCUT2D eigenvalue weighted by Gasteiger charge is 2.65. The molecule has 1 fully saturated rings. The molecule has 1 aliphatic carbocycles. The number of esters is 1. The first kappa shape index (κ1) is 10.6. The zero-order chi connectivity index (χ0) is 12.0. The Labute approximate surface area is 99.5 Å². The van der Waals surface area contributed by atoms with Crippen molar-refractivity contribution in [2.45, 2.75) is 24.5 Å². The van der Waals surface area contributed by atoms with Crippen LogP contribution in [0, 0.1) is 0 Å². The van der Waals surface area contributed by atoms with Crippen molar-refractivity contribution in [3.8, 4) is 5.75 Å². The van der Waals surface area contributed by atoms with Crippen LogP contribution in [0.1, 0.15) is 17.5 Å². The highest BCUT2D eigenvalue weighted by molar-refractivity contribution is 5.80. The lowest BCUT2D eigenvalue weighted by Crippen LogP contribution is -2.18. The third-order valence-electron chi connectivity index (χ3n) is 3.65. The second-order valence-electron chi connectivity index (χ2n) is 4.43. The minimum Gasteiger partial charge on any atom is -0.497 e. The van der Waals surface area contributed by atoms with Crippen molar-refractivity contribution in [2.75, 3.05) is 14.2 Å². The highest BCUT2D eigenvalue weighted by atomic mass is 16.7. The summed E-state index contributed by atoms with van der Waals surface area (Å²) in [5, 5.41) is 0. The molecule has 0 radical (unpaired) electrons. The Morgan fingerprint density at radius 3 is 3.00 bits per heavy atom. The number of fused-ring (bicyclic) bond motifs is 2. The number of aryl methyl sites for hydroxylation is 1. The van der Waals surface area contributed by atoms with Gasteiger partial charge >= 0.3 is 5.97 Å². The highest BCUT2D eigenvalue weighted by Crippen LogP contribution is 2.55. The topological polar surface area (TPSA) is 48.1 Å². The van der Waals surface area contributed by atoms with Gasteiger partial charge in [0.1, 0.15) is 11.4 Å². The maximum atomic E-state index is 11.5. The van der Waals surface area contributed by atoms with E-state index in [4.69, 9.17) is 14.2 Å². The van der Waals surface area contributed by atoms with Crippen LogP contribution in [0.25, 0.3) is 0 Å². The second kappa shape index (κ2) is 3.47. The fraction of sp³-hybridized carbons (Fsp3) is 0.462. The van der Waals surface area contributed by atoms with Gasteiger partial charge in [0.15, 0.2) is 6.10 Å². The van der Waals surface area contributed by atoms with Crippen molar-refractivity contribution < 1.29 is 19.0 Å². The minimum atomic E-state index is -0.447. The molecule has 1 saturated heterocycles. The number of hydrogen-bond donors (Lipinski definition) is 0. The van der Waals surface area contributed by atoms with Gasteiger partial charge in [-0.25, -0.2) is 4.79 Å². The van der Waals surface area contributed by atoms with E-state index in [1.807, 2.05) is 18.2 Å². The summed E-state index contributed by atoms with van der Waals surface area (Å²) in [4.78, 5) is 11.5. The lowest BCUT2D eigenvalue weighted by molar-refractivity contribution is -0.142. The van der Waals surface area contributed by atoms with Gasteiger partial charge < -0.3 is 14.2 Å². The Balaban J connectivity index is 1.97. The molecule has 3 rings (SSSR count). The van der Waals surface area contributed by atoms with Crippen LogP contribution in [-0.2, 0) is 26.3 Å². The normalized spacial score (nSPS) is 28.9. The first-order chi connectivity index (χ1) is 8.21. The summed E-state index contributed by atoms with van der Waals surface area (Å²) in [6.45, 7) is 0. The molecule has 1 aromatic rings. The van der Waals surface area contributed by atoms with Crippen molar-refractivity contribution in [1.29, 1.82) is 0 Å². The van der Waals surface area contributed by atoms with E-state index in [2.05, 4.69) is 0 Å². The molecule has 17 heavy (non-hydrogen) atoms. The molecule has 4 nitrogen and oxygen atoms in total. The fourth-order valence-corrected chi connectivity index (χ4v) is 2.67. The molecule has 1 aromatic carbocycles. The van der Waals surface area contributed by atoms with Crippen molar-refractivity contribution in [3.63, 3.8) is 0 Å². The van der Waals surface area contributed by atoms with Gasteiger partial charge in [0, 0.05) is 0 Å². The molecule has 2 aliphatic rings. The number of hydrogen-bond acceptors (Lipinski definition) is 4. The Kier molecular flexibility index (Phi) is 2.16. The molecule has 1 spiro atoms. The largest absolute Gasteiger partial charge is 0.497 e. The molecular weight excluding hydrogens is 220 g/mol. The van der Waals surface area contributed by atoms with Gasteiger partial charge in [0.25, 0.3) is 0 Å². The minimum absolute atomic E-state index is 0.291. The molecule has 0 saturated carbocycles. The molecule has 4 heteroatoms. The summed E-state index contributed by atoms with van der Waals surface area (Å²) in [5.74, 6) is 0.504. The fourth-order valence-electron chi connectivity index (χ4n) is 2.67. The number of ether oxygens (including phenoxy) is 3. The maximum absolute atomic E-state index is 11.5. The summed E-state index contributed by atoms with van der Waals surface area (Å²) in [7, 11) is 3.02. The average molecular weight is 234 g/mol.